The lowest BCUT2D eigenvalue weighted by molar-refractivity contribution is 0.414. The molecular formula is C14H20N2OSi. The van der Waals surface area contributed by atoms with Crippen LogP contribution in [0.1, 0.15) is 5.56 Å². The minimum Gasteiger partial charge on any atom is -0.497 e. The summed E-state index contributed by atoms with van der Waals surface area (Å²) in [6, 6.07) is 10.3. The van der Waals surface area contributed by atoms with Gasteiger partial charge in [-0.3, -0.25) is 4.68 Å². The summed E-state index contributed by atoms with van der Waals surface area (Å²) in [4.78, 5) is 0. The van der Waals surface area contributed by atoms with Crippen LogP contribution in [0.15, 0.2) is 36.5 Å². The number of hydrogen-bond donors (Lipinski definition) is 0. The van der Waals surface area contributed by atoms with Crippen molar-refractivity contribution < 1.29 is 4.74 Å². The lowest BCUT2D eigenvalue weighted by Crippen LogP contribution is -2.43. The van der Waals surface area contributed by atoms with E-state index in [0.29, 0.717) is 0 Å². The Labute approximate surface area is 109 Å². The average Bonchev–Trinajstić information content (AvgIpc) is 2.78. The van der Waals surface area contributed by atoms with Crippen LogP contribution in [0.5, 0.6) is 5.75 Å². The number of nitrogens with zero attached hydrogens (tertiary/aromatic N) is 2. The highest BCUT2D eigenvalue weighted by atomic mass is 28.3. The first-order chi connectivity index (χ1) is 8.50. The van der Waals surface area contributed by atoms with Gasteiger partial charge in [-0.25, -0.2) is 0 Å². The van der Waals surface area contributed by atoms with E-state index in [1.807, 2.05) is 18.3 Å². The Kier molecular flexibility index (Phi) is 3.57. The molecule has 0 fully saturated rings. The molecule has 0 bridgehead atoms. The molecule has 1 aromatic heterocycles. The summed E-state index contributed by atoms with van der Waals surface area (Å²) in [5, 5.41) is 5.83. The van der Waals surface area contributed by atoms with E-state index in [-0.39, 0.29) is 0 Å². The van der Waals surface area contributed by atoms with E-state index >= 15 is 0 Å². The monoisotopic (exact) mass is 260 g/mol. The third kappa shape index (κ3) is 2.82. The predicted octanol–water partition coefficient (Wildman–Crippen LogP) is 2.49. The molecule has 0 radical (unpaired) electrons. The largest absolute Gasteiger partial charge is 0.497 e. The smallest absolute Gasteiger partial charge is 0.118 e. The lowest BCUT2D eigenvalue weighted by atomic mass is 10.2. The van der Waals surface area contributed by atoms with Gasteiger partial charge >= 0.3 is 0 Å². The first-order valence-electron chi connectivity index (χ1n) is 6.16. The molecule has 3 nitrogen and oxygen atoms in total. The second kappa shape index (κ2) is 4.98. The van der Waals surface area contributed by atoms with Crippen molar-refractivity contribution in [3.05, 3.63) is 42.1 Å². The fourth-order valence-corrected chi connectivity index (χ4v) is 3.49. The fraction of sp³-hybridized carbons (Fsp3) is 0.357. The van der Waals surface area contributed by atoms with Crippen molar-refractivity contribution in [3.8, 4) is 5.75 Å². The molecule has 1 heterocycles. The third-order valence-electron chi connectivity index (χ3n) is 2.98. The van der Waals surface area contributed by atoms with Gasteiger partial charge in [0.15, 0.2) is 0 Å². The number of methoxy groups -OCH3 is 1. The summed E-state index contributed by atoms with van der Waals surface area (Å²) in [6.07, 6.45) is 1.90. The molecule has 0 amide bonds. The molecular weight excluding hydrogens is 240 g/mol. The molecule has 4 heteroatoms. The number of hydrogen-bond acceptors (Lipinski definition) is 2. The molecule has 0 saturated heterocycles. The summed E-state index contributed by atoms with van der Waals surface area (Å²) < 4.78 is 7.29. The number of benzene rings is 1. The Hall–Kier alpha value is -1.55. The van der Waals surface area contributed by atoms with Crippen molar-refractivity contribution in [2.75, 3.05) is 7.11 Å². The van der Waals surface area contributed by atoms with Gasteiger partial charge in [0.05, 0.1) is 13.7 Å². The third-order valence-corrected chi connectivity index (χ3v) is 4.94. The summed E-state index contributed by atoms with van der Waals surface area (Å²) in [5.74, 6) is 0.893. The van der Waals surface area contributed by atoms with Crippen LogP contribution < -0.4 is 10.1 Å². The molecule has 0 spiro atoms. The van der Waals surface area contributed by atoms with E-state index in [4.69, 9.17) is 4.74 Å². The highest BCUT2D eigenvalue weighted by Gasteiger charge is 2.21. The maximum Gasteiger partial charge on any atom is 0.118 e. The Morgan fingerprint density at radius 2 is 1.78 bits per heavy atom. The van der Waals surface area contributed by atoms with Gasteiger partial charge in [0.25, 0.3) is 0 Å². The maximum atomic E-state index is 5.17. The van der Waals surface area contributed by atoms with Crippen LogP contribution >= 0.6 is 0 Å². The molecule has 0 aliphatic carbocycles. The van der Waals surface area contributed by atoms with Crippen molar-refractivity contribution in [3.63, 3.8) is 0 Å². The van der Waals surface area contributed by atoms with Gasteiger partial charge in [-0.15, -0.1) is 0 Å². The average molecular weight is 260 g/mol. The van der Waals surface area contributed by atoms with E-state index in [9.17, 15) is 0 Å². The first-order valence-corrected chi connectivity index (χ1v) is 9.66. The van der Waals surface area contributed by atoms with Crippen molar-refractivity contribution in [1.82, 2.24) is 9.78 Å². The molecule has 0 atom stereocenters. The van der Waals surface area contributed by atoms with Gasteiger partial charge < -0.3 is 4.74 Å². The van der Waals surface area contributed by atoms with Crippen molar-refractivity contribution in [2.45, 2.75) is 26.2 Å². The summed E-state index contributed by atoms with van der Waals surface area (Å²) in [6.45, 7) is 7.86. The number of rotatable bonds is 4. The number of ether oxygens (including phenoxy) is 1. The van der Waals surface area contributed by atoms with Crippen LogP contribution in [0, 0.1) is 0 Å². The predicted molar refractivity (Wildman–Crippen MR) is 77.3 cm³/mol. The van der Waals surface area contributed by atoms with Crippen LogP contribution in [0.4, 0.5) is 0 Å². The van der Waals surface area contributed by atoms with Crippen LogP contribution in [-0.2, 0) is 6.54 Å². The SMILES string of the molecule is COc1ccc(Cn2nccc2[Si](C)(C)C)cc1. The molecule has 18 heavy (non-hydrogen) atoms. The van der Waals surface area contributed by atoms with Gasteiger partial charge in [-0.2, -0.15) is 5.10 Å². The Bertz CT molecular complexity index is 511. The van der Waals surface area contributed by atoms with Crippen LogP contribution in [0.2, 0.25) is 19.6 Å². The molecule has 96 valence electrons. The summed E-state index contributed by atoms with van der Waals surface area (Å²) in [7, 11) is 0.365. The zero-order valence-corrected chi connectivity index (χ0v) is 12.5. The zero-order valence-electron chi connectivity index (χ0n) is 11.5. The highest BCUT2D eigenvalue weighted by molar-refractivity contribution is 6.88. The lowest BCUT2D eigenvalue weighted by Gasteiger charge is -2.18. The second-order valence-corrected chi connectivity index (χ2v) is 10.5. The van der Waals surface area contributed by atoms with Gasteiger partial charge in [-0.1, -0.05) is 31.8 Å². The van der Waals surface area contributed by atoms with Crippen molar-refractivity contribution in [1.29, 1.82) is 0 Å². The Morgan fingerprint density at radius 1 is 1.11 bits per heavy atom. The maximum absolute atomic E-state index is 5.17. The summed E-state index contributed by atoms with van der Waals surface area (Å²) >= 11 is 0. The van der Waals surface area contributed by atoms with E-state index < -0.39 is 8.07 Å². The molecule has 0 N–H and O–H groups in total. The Balaban J connectivity index is 2.21. The van der Waals surface area contributed by atoms with E-state index in [1.165, 1.54) is 10.9 Å². The topological polar surface area (TPSA) is 27.1 Å². The van der Waals surface area contributed by atoms with Crippen LogP contribution in [0.25, 0.3) is 0 Å². The van der Waals surface area contributed by atoms with Gasteiger partial charge in [0.2, 0.25) is 0 Å². The zero-order chi connectivity index (χ0) is 13.2. The van der Waals surface area contributed by atoms with E-state index in [0.717, 1.165) is 12.3 Å². The molecule has 0 saturated carbocycles. The summed E-state index contributed by atoms with van der Waals surface area (Å²) in [5.41, 5.74) is 1.25. The van der Waals surface area contributed by atoms with Crippen molar-refractivity contribution in [2.24, 2.45) is 0 Å². The van der Waals surface area contributed by atoms with Gasteiger partial charge in [0, 0.05) is 11.5 Å². The van der Waals surface area contributed by atoms with Gasteiger partial charge in [-0.05, 0) is 23.8 Å². The second-order valence-electron chi connectivity index (χ2n) is 5.47. The van der Waals surface area contributed by atoms with E-state index in [2.05, 4.69) is 47.6 Å². The van der Waals surface area contributed by atoms with Crippen LogP contribution in [-0.4, -0.2) is 25.0 Å². The normalized spacial score (nSPS) is 11.6. The molecule has 1 aromatic carbocycles. The molecule has 0 aliphatic heterocycles. The van der Waals surface area contributed by atoms with Gasteiger partial charge in [0.1, 0.15) is 13.8 Å². The van der Waals surface area contributed by atoms with E-state index in [1.54, 1.807) is 7.11 Å². The quantitative estimate of drug-likeness (QED) is 0.790. The first kappa shape index (κ1) is 12.9. The number of aromatic nitrogens is 2. The molecule has 0 aliphatic rings. The highest BCUT2D eigenvalue weighted by Crippen LogP contribution is 2.12. The fourth-order valence-electron chi connectivity index (χ4n) is 2.00. The molecule has 2 aromatic rings. The Morgan fingerprint density at radius 3 is 2.33 bits per heavy atom. The van der Waals surface area contributed by atoms with Crippen LogP contribution in [0.3, 0.4) is 0 Å². The minimum atomic E-state index is -1.32. The molecule has 0 unspecified atom stereocenters. The standard InChI is InChI=1S/C14H20N2OSi/c1-17-13-7-5-12(6-8-13)11-16-14(9-10-15-16)18(2,3)4/h5-10H,11H2,1-4H3. The molecule has 2 rings (SSSR count). The minimum absolute atomic E-state index is 0.830. The van der Waals surface area contributed by atoms with Crippen molar-refractivity contribution >= 4 is 13.4 Å².